The third kappa shape index (κ3) is 3.46. The highest BCUT2D eigenvalue weighted by Gasteiger charge is 2.48. The first-order valence-electron chi connectivity index (χ1n) is 11.9. The average molecular weight is 454 g/mol. The Hall–Kier alpha value is -3.64. The van der Waals surface area contributed by atoms with Crippen molar-refractivity contribution in [2.24, 2.45) is 5.92 Å². The zero-order valence-corrected chi connectivity index (χ0v) is 18.9. The monoisotopic (exact) mass is 453 g/mol. The van der Waals surface area contributed by atoms with E-state index < -0.39 is 0 Å². The molecule has 6 nitrogen and oxygen atoms in total. The second kappa shape index (κ2) is 7.99. The average Bonchev–Trinajstić information content (AvgIpc) is 3.19. The number of aromatic nitrogens is 1. The fraction of sp³-hybridized carbons (Fsp3) is 0.286. The van der Waals surface area contributed by atoms with Crippen LogP contribution in [-0.2, 0) is 24.8 Å². The van der Waals surface area contributed by atoms with Crippen molar-refractivity contribution in [1.82, 2.24) is 9.88 Å². The summed E-state index contributed by atoms with van der Waals surface area (Å²) in [6.07, 6.45) is 2.71. The van der Waals surface area contributed by atoms with Gasteiger partial charge in [0.1, 0.15) is 5.75 Å². The number of hydrogen-bond acceptors (Lipinski definition) is 4. The number of aromatic hydroxyl groups is 1. The molecule has 2 heterocycles. The molecule has 172 valence electrons. The van der Waals surface area contributed by atoms with Crippen molar-refractivity contribution in [3.8, 4) is 5.75 Å². The van der Waals surface area contributed by atoms with Crippen molar-refractivity contribution in [2.75, 3.05) is 13.1 Å². The molecule has 4 aromatic rings. The zero-order valence-electron chi connectivity index (χ0n) is 18.9. The fourth-order valence-corrected chi connectivity index (χ4v) is 6.27. The molecule has 1 fully saturated rings. The number of fused-ring (bicyclic) bond motifs is 4. The lowest BCUT2D eigenvalue weighted by Crippen LogP contribution is -2.53. The second-order valence-electron chi connectivity index (χ2n) is 9.82. The second-order valence-corrected chi connectivity index (χ2v) is 9.82. The number of nitro benzene ring substituents is 1. The van der Waals surface area contributed by atoms with E-state index in [9.17, 15) is 15.2 Å². The first-order valence-corrected chi connectivity index (χ1v) is 11.9. The third-order valence-corrected chi connectivity index (χ3v) is 7.94. The maximum Gasteiger partial charge on any atom is 0.270 e. The molecule has 0 spiro atoms. The minimum atomic E-state index is -0.319. The zero-order chi connectivity index (χ0) is 23.3. The molecular formula is C28H27N3O3. The Morgan fingerprint density at radius 3 is 2.74 bits per heavy atom. The number of hydrogen-bond donors (Lipinski definition) is 2. The third-order valence-electron chi connectivity index (χ3n) is 7.94. The summed E-state index contributed by atoms with van der Waals surface area (Å²) >= 11 is 0. The lowest BCUT2D eigenvalue weighted by molar-refractivity contribution is -0.384. The Morgan fingerprint density at radius 2 is 1.94 bits per heavy atom. The number of H-pyrrole nitrogens is 1. The smallest absolute Gasteiger partial charge is 0.270 e. The number of likely N-dealkylation sites (tertiary alicyclic amines) is 1. The highest BCUT2D eigenvalue weighted by molar-refractivity contribution is 5.87. The van der Waals surface area contributed by atoms with Crippen LogP contribution in [0, 0.1) is 16.0 Å². The van der Waals surface area contributed by atoms with Crippen LogP contribution in [0.4, 0.5) is 5.69 Å². The number of nitrogens with zero attached hydrogens (tertiary/aromatic N) is 2. The maximum absolute atomic E-state index is 11.4. The molecule has 2 N–H and O–H groups in total. The molecule has 1 aliphatic carbocycles. The van der Waals surface area contributed by atoms with Gasteiger partial charge in [-0.2, -0.15) is 0 Å². The van der Waals surface area contributed by atoms with Gasteiger partial charge in [0.05, 0.1) is 4.92 Å². The molecule has 2 aliphatic rings. The molecule has 0 amide bonds. The van der Waals surface area contributed by atoms with Crippen molar-refractivity contribution < 1.29 is 10.0 Å². The maximum atomic E-state index is 11.4. The molecule has 0 saturated carbocycles. The Balaban J connectivity index is 1.42. The van der Waals surface area contributed by atoms with Gasteiger partial charge in [-0.25, -0.2) is 0 Å². The largest absolute Gasteiger partial charge is 0.508 e. The number of nitrogens with one attached hydrogen (secondary N) is 1. The number of phenols is 1. The molecule has 1 saturated heterocycles. The van der Waals surface area contributed by atoms with Crippen LogP contribution in [0.15, 0.2) is 72.8 Å². The van der Waals surface area contributed by atoms with Crippen molar-refractivity contribution >= 4 is 16.6 Å². The molecular weight excluding hydrogens is 426 g/mol. The van der Waals surface area contributed by atoms with Gasteiger partial charge in [-0.15, -0.1) is 0 Å². The number of piperidine rings is 1. The van der Waals surface area contributed by atoms with Crippen LogP contribution in [0.25, 0.3) is 10.9 Å². The van der Waals surface area contributed by atoms with Crippen LogP contribution in [0.5, 0.6) is 5.75 Å². The number of phenolic OH excluding ortho intramolecular Hbond substituents is 1. The Morgan fingerprint density at radius 1 is 1.09 bits per heavy atom. The van der Waals surface area contributed by atoms with E-state index in [2.05, 4.69) is 40.2 Å². The highest BCUT2D eigenvalue weighted by atomic mass is 16.6. The van der Waals surface area contributed by atoms with Gasteiger partial charge in [0.25, 0.3) is 5.69 Å². The molecule has 6 heteroatoms. The number of aromatic amines is 1. The van der Waals surface area contributed by atoms with Crippen molar-refractivity contribution in [2.45, 2.75) is 31.2 Å². The van der Waals surface area contributed by atoms with Crippen molar-refractivity contribution in [1.29, 1.82) is 0 Å². The first kappa shape index (κ1) is 20.9. The number of rotatable bonds is 4. The van der Waals surface area contributed by atoms with Crippen LogP contribution in [-0.4, -0.2) is 33.0 Å². The Labute approximate surface area is 198 Å². The molecule has 0 radical (unpaired) electrons. The summed E-state index contributed by atoms with van der Waals surface area (Å²) in [5.74, 6) is 0.646. The highest BCUT2D eigenvalue weighted by Crippen LogP contribution is 2.50. The van der Waals surface area contributed by atoms with Gasteiger partial charge >= 0.3 is 0 Å². The number of nitro groups is 1. The summed E-state index contributed by atoms with van der Waals surface area (Å²) in [5, 5.41) is 22.7. The fourth-order valence-electron chi connectivity index (χ4n) is 6.27. The van der Waals surface area contributed by atoms with Crippen LogP contribution in [0.2, 0.25) is 0 Å². The van der Waals surface area contributed by atoms with Gasteiger partial charge in [-0.05, 0) is 66.6 Å². The summed E-state index contributed by atoms with van der Waals surface area (Å²) in [4.78, 5) is 17.2. The van der Waals surface area contributed by atoms with Gasteiger partial charge in [-0.1, -0.05) is 42.5 Å². The molecule has 1 aliphatic heterocycles. The summed E-state index contributed by atoms with van der Waals surface area (Å²) < 4.78 is 0. The van der Waals surface area contributed by atoms with E-state index in [1.165, 1.54) is 22.4 Å². The topological polar surface area (TPSA) is 82.4 Å². The number of non-ortho nitro benzene ring substituents is 1. The van der Waals surface area contributed by atoms with E-state index in [4.69, 9.17) is 0 Å². The minimum Gasteiger partial charge on any atom is -0.508 e. The van der Waals surface area contributed by atoms with E-state index in [0.717, 1.165) is 49.8 Å². The van der Waals surface area contributed by atoms with E-state index in [0.29, 0.717) is 11.7 Å². The van der Waals surface area contributed by atoms with Crippen LogP contribution < -0.4 is 0 Å². The Kier molecular flexibility index (Phi) is 4.92. The predicted octanol–water partition coefficient (Wildman–Crippen LogP) is 5.34. The van der Waals surface area contributed by atoms with E-state index in [-0.39, 0.29) is 16.0 Å². The molecule has 2 unspecified atom stereocenters. The van der Waals surface area contributed by atoms with E-state index in [1.807, 2.05) is 24.3 Å². The van der Waals surface area contributed by atoms with Gasteiger partial charge in [0, 0.05) is 47.2 Å². The summed E-state index contributed by atoms with van der Waals surface area (Å²) in [5.41, 5.74) is 5.90. The lowest BCUT2D eigenvalue weighted by atomic mass is 9.58. The molecule has 3 aromatic carbocycles. The van der Waals surface area contributed by atoms with Crippen LogP contribution >= 0.6 is 0 Å². The van der Waals surface area contributed by atoms with Gasteiger partial charge in [0.15, 0.2) is 0 Å². The summed E-state index contributed by atoms with van der Waals surface area (Å²) in [6.45, 7) is 2.85. The number of benzene rings is 3. The first-order chi connectivity index (χ1) is 16.5. The van der Waals surface area contributed by atoms with Crippen LogP contribution in [0.3, 0.4) is 0 Å². The molecule has 2 atom stereocenters. The van der Waals surface area contributed by atoms with E-state index in [1.54, 1.807) is 18.2 Å². The Bertz CT molecular complexity index is 1380. The van der Waals surface area contributed by atoms with Crippen LogP contribution in [0.1, 0.15) is 28.8 Å². The SMILES string of the molecule is O=[N+]([O-])c1ccc2[nH]c3c(c2c1)CC1CN(Cc2ccccc2)CCC1(c1cccc(O)c1)C3. The summed E-state index contributed by atoms with van der Waals surface area (Å²) in [7, 11) is 0. The predicted molar refractivity (Wildman–Crippen MR) is 132 cm³/mol. The van der Waals surface area contributed by atoms with Crippen molar-refractivity contribution in [3.05, 3.63) is 105 Å². The lowest BCUT2D eigenvalue weighted by Gasteiger charge is -2.51. The van der Waals surface area contributed by atoms with Gasteiger partial charge in [0.2, 0.25) is 0 Å². The van der Waals surface area contributed by atoms with Crippen molar-refractivity contribution in [3.63, 3.8) is 0 Å². The van der Waals surface area contributed by atoms with Gasteiger partial charge < -0.3 is 10.1 Å². The molecule has 34 heavy (non-hydrogen) atoms. The van der Waals surface area contributed by atoms with E-state index >= 15 is 0 Å². The quantitative estimate of drug-likeness (QED) is 0.323. The molecule has 6 rings (SSSR count). The molecule has 1 aromatic heterocycles. The minimum absolute atomic E-state index is 0.0776. The van der Waals surface area contributed by atoms with Gasteiger partial charge in [-0.3, -0.25) is 15.0 Å². The molecule has 0 bridgehead atoms. The summed E-state index contributed by atoms with van der Waals surface area (Å²) in [6, 6.07) is 23.4. The standard InChI is InChI=1S/C28H27N3O3/c32-23-8-4-7-20(13-23)28-11-12-30(17-19-5-2-1-3-6-19)18-21(28)14-24-25-15-22(31(33)34)9-10-26(25)29-27(24)16-28/h1-10,13,15,21,29,32H,11-12,14,16-18H2. The normalized spacial score (nSPS) is 22.3.